The molecule has 0 spiro atoms. The lowest BCUT2D eigenvalue weighted by atomic mass is 10.1. The maximum atomic E-state index is 11.8. The quantitative estimate of drug-likeness (QED) is 0.570. The summed E-state index contributed by atoms with van der Waals surface area (Å²) in [6, 6.07) is 8.93. The minimum atomic E-state index is -0.464. The predicted molar refractivity (Wildman–Crippen MR) is 70.8 cm³/mol. The van der Waals surface area contributed by atoms with Gasteiger partial charge in [0, 0.05) is 32.6 Å². The van der Waals surface area contributed by atoms with Gasteiger partial charge in [-0.3, -0.25) is 9.59 Å². The van der Waals surface area contributed by atoms with Gasteiger partial charge in [-0.1, -0.05) is 30.3 Å². The second kappa shape index (κ2) is 8.39. The van der Waals surface area contributed by atoms with Gasteiger partial charge in [0.15, 0.2) is 12.1 Å². The molecule has 19 heavy (non-hydrogen) atoms. The van der Waals surface area contributed by atoms with Gasteiger partial charge in [-0.05, 0) is 0 Å². The van der Waals surface area contributed by atoms with Crippen LogP contribution in [0.25, 0.3) is 0 Å². The van der Waals surface area contributed by atoms with Crippen molar-refractivity contribution in [3.63, 3.8) is 0 Å². The number of Topliss-reactive ketones (excluding diaryl/α,β-unsaturated/α-hetero) is 1. The molecule has 0 atom stereocenters. The number of hydrogen-bond donors (Lipinski definition) is 1. The van der Waals surface area contributed by atoms with Crippen molar-refractivity contribution in [2.24, 2.45) is 0 Å². The number of carbonyl (C=O) groups is 2. The van der Waals surface area contributed by atoms with Gasteiger partial charge in [-0.25, -0.2) is 0 Å². The van der Waals surface area contributed by atoms with Crippen molar-refractivity contribution in [2.45, 2.75) is 19.1 Å². The van der Waals surface area contributed by atoms with Gasteiger partial charge in [-0.2, -0.15) is 0 Å². The Balaban J connectivity index is 2.29. The van der Waals surface area contributed by atoms with E-state index in [1.165, 1.54) is 14.2 Å². The molecule has 1 aromatic carbocycles. The molecule has 104 valence electrons. The summed E-state index contributed by atoms with van der Waals surface area (Å²) in [5, 5.41) is 2.65. The van der Waals surface area contributed by atoms with Crippen molar-refractivity contribution in [1.29, 1.82) is 0 Å². The molecule has 0 unspecified atom stereocenters. The molecule has 1 aromatic rings. The van der Waals surface area contributed by atoms with Crippen molar-refractivity contribution in [1.82, 2.24) is 5.32 Å². The van der Waals surface area contributed by atoms with Gasteiger partial charge in [0.25, 0.3) is 0 Å². The van der Waals surface area contributed by atoms with Gasteiger partial charge in [0.2, 0.25) is 5.91 Å². The first-order valence-corrected chi connectivity index (χ1v) is 6.08. The molecule has 5 heteroatoms. The molecule has 0 saturated heterocycles. The Morgan fingerprint density at radius 1 is 1.11 bits per heavy atom. The number of rotatable bonds is 8. The van der Waals surface area contributed by atoms with Crippen LogP contribution in [0.4, 0.5) is 0 Å². The number of nitrogens with one attached hydrogen (secondary N) is 1. The average molecular weight is 265 g/mol. The summed E-state index contributed by atoms with van der Waals surface area (Å²) >= 11 is 0. The van der Waals surface area contributed by atoms with Crippen molar-refractivity contribution in [3.8, 4) is 0 Å². The molecule has 1 amide bonds. The summed E-state index contributed by atoms with van der Waals surface area (Å²) in [6.45, 7) is 0.269. The first-order chi connectivity index (χ1) is 9.17. The molecule has 0 radical (unpaired) electrons. The average Bonchev–Trinajstić information content (AvgIpc) is 2.46. The van der Waals surface area contributed by atoms with E-state index < -0.39 is 6.29 Å². The topological polar surface area (TPSA) is 64.6 Å². The standard InChI is InChI=1S/C14H19NO4/c1-18-14(19-2)10-15-13(17)9-8-12(16)11-6-4-3-5-7-11/h3-7,14H,8-10H2,1-2H3,(H,15,17). The number of hydrogen-bond acceptors (Lipinski definition) is 4. The summed E-state index contributed by atoms with van der Waals surface area (Å²) < 4.78 is 9.88. The number of ketones is 1. The van der Waals surface area contributed by atoms with Gasteiger partial charge in [0.1, 0.15) is 0 Å². The fourth-order valence-corrected chi connectivity index (χ4v) is 1.54. The number of amides is 1. The molecule has 0 aliphatic heterocycles. The Kier molecular flexibility index (Phi) is 6.78. The van der Waals surface area contributed by atoms with Gasteiger partial charge >= 0.3 is 0 Å². The minimum Gasteiger partial charge on any atom is -0.354 e. The Hall–Kier alpha value is -1.72. The van der Waals surface area contributed by atoms with E-state index in [9.17, 15) is 9.59 Å². The molecule has 5 nitrogen and oxygen atoms in total. The zero-order valence-corrected chi connectivity index (χ0v) is 11.2. The largest absolute Gasteiger partial charge is 0.354 e. The Morgan fingerprint density at radius 3 is 2.32 bits per heavy atom. The lowest BCUT2D eigenvalue weighted by Crippen LogP contribution is -2.34. The van der Waals surface area contributed by atoms with E-state index in [1.807, 2.05) is 6.07 Å². The van der Waals surface area contributed by atoms with E-state index in [4.69, 9.17) is 9.47 Å². The zero-order chi connectivity index (χ0) is 14.1. The number of benzene rings is 1. The van der Waals surface area contributed by atoms with Crippen LogP contribution in [0.2, 0.25) is 0 Å². The molecule has 1 N–H and O–H groups in total. The molecule has 0 aliphatic rings. The lowest BCUT2D eigenvalue weighted by Gasteiger charge is -2.13. The molecule has 0 aromatic heterocycles. The van der Waals surface area contributed by atoms with Crippen molar-refractivity contribution in [3.05, 3.63) is 35.9 Å². The van der Waals surface area contributed by atoms with E-state index in [0.29, 0.717) is 5.56 Å². The fourth-order valence-electron chi connectivity index (χ4n) is 1.54. The maximum absolute atomic E-state index is 11.8. The number of ether oxygens (including phenoxy) is 2. The molecule has 1 rings (SSSR count). The highest BCUT2D eigenvalue weighted by atomic mass is 16.7. The van der Waals surface area contributed by atoms with Crippen LogP contribution in [0, 0.1) is 0 Å². The van der Waals surface area contributed by atoms with Gasteiger partial charge < -0.3 is 14.8 Å². The van der Waals surface area contributed by atoms with E-state index >= 15 is 0 Å². The highest BCUT2D eigenvalue weighted by molar-refractivity contribution is 5.97. The predicted octanol–water partition coefficient (Wildman–Crippen LogP) is 1.38. The molecule has 0 saturated carbocycles. The van der Waals surface area contributed by atoms with Gasteiger partial charge in [-0.15, -0.1) is 0 Å². The number of methoxy groups -OCH3 is 2. The molecular weight excluding hydrogens is 246 g/mol. The smallest absolute Gasteiger partial charge is 0.220 e. The Bertz CT molecular complexity index is 401. The van der Waals surface area contributed by atoms with Crippen LogP contribution in [0.15, 0.2) is 30.3 Å². The highest BCUT2D eigenvalue weighted by Crippen LogP contribution is 2.04. The highest BCUT2D eigenvalue weighted by Gasteiger charge is 2.11. The van der Waals surface area contributed by atoms with E-state index in [2.05, 4.69) is 5.32 Å². The van der Waals surface area contributed by atoms with Crippen LogP contribution in [0.1, 0.15) is 23.2 Å². The van der Waals surface area contributed by atoms with E-state index in [-0.39, 0.29) is 31.1 Å². The van der Waals surface area contributed by atoms with E-state index in [0.717, 1.165) is 0 Å². The minimum absolute atomic E-state index is 0.0363. The van der Waals surface area contributed by atoms with Crippen molar-refractivity contribution < 1.29 is 19.1 Å². The van der Waals surface area contributed by atoms with Crippen LogP contribution in [-0.2, 0) is 14.3 Å². The maximum Gasteiger partial charge on any atom is 0.220 e. The number of carbonyl (C=O) groups excluding carboxylic acids is 2. The monoisotopic (exact) mass is 265 g/mol. The normalized spacial score (nSPS) is 10.5. The third-order valence-corrected chi connectivity index (χ3v) is 2.67. The van der Waals surface area contributed by atoms with Gasteiger partial charge in [0.05, 0.1) is 6.54 Å². The molecule has 0 bridgehead atoms. The lowest BCUT2D eigenvalue weighted by molar-refractivity contribution is -0.127. The van der Waals surface area contributed by atoms with Crippen LogP contribution in [0.5, 0.6) is 0 Å². The van der Waals surface area contributed by atoms with Crippen LogP contribution in [-0.4, -0.2) is 38.7 Å². The summed E-state index contributed by atoms with van der Waals surface area (Å²) in [4.78, 5) is 23.3. The summed E-state index contributed by atoms with van der Waals surface area (Å²) in [7, 11) is 3.00. The molecule has 0 aliphatic carbocycles. The van der Waals surface area contributed by atoms with E-state index in [1.54, 1.807) is 24.3 Å². The Morgan fingerprint density at radius 2 is 1.74 bits per heavy atom. The third-order valence-electron chi connectivity index (χ3n) is 2.67. The van der Waals surface area contributed by atoms with Crippen LogP contribution >= 0.6 is 0 Å². The summed E-state index contributed by atoms with van der Waals surface area (Å²) in [5.41, 5.74) is 0.627. The Labute approximate surface area is 112 Å². The first kappa shape index (κ1) is 15.3. The third kappa shape index (κ3) is 5.63. The molecular formula is C14H19NO4. The summed E-state index contributed by atoms with van der Waals surface area (Å²) in [6.07, 6.45) is -0.109. The zero-order valence-electron chi connectivity index (χ0n) is 11.2. The second-order valence-corrected chi connectivity index (χ2v) is 3.99. The van der Waals surface area contributed by atoms with Crippen LogP contribution in [0.3, 0.4) is 0 Å². The van der Waals surface area contributed by atoms with Crippen molar-refractivity contribution >= 4 is 11.7 Å². The first-order valence-electron chi connectivity index (χ1n) is 6.08. The molecule has 0 heterocycles. The second-order valence-electron chi connectivity index (χ2n) is 3.99. The SMILES string of the molecule is COC(CNC(=O)CCC(=O)c1ccccc1)OC. The fraction of sp³-hybridized carbons (Fsp3) is 0.429. The van der Waals surface area contributed by atoms with Crippen LogP contribution < -0.4 is 5.32 Å². The van der Waals surface area contributed by atoms with Crippen molar-refractivity contribution in [2.75, 3.05) is 20.8 Å². The summed E-state index contributed by atoms with van der Waals surface area (Å²) in [5.74, 6) is -0.228. The molecule has 0 fully saturated rings.